The molecule has 5 heteroatoms. The van der Waals surface area contributed by atoms with Crippen molar-refractivity contribution in [2.24, 2.45) is 0 Å². The van der Waals surface area contributed by atoms with Gasteiger partial charge in [-0.1, -0.05) is 12.1 Å². The number of benzene rings is 2. The summed E-state index contributed by atoms with van der Waals surface area (Å²) in [5.74, 6) is -1.07. The highest BCUT2D eigenvalue weighted by Gasteiger charge is 2.18. The van der Waals surface area contributed by atoms with Crippen molar-refractivity contribution in [3.63, 3.8) is 0 Å². The van der Waals surface area contributed by atoms with E-state index in [0.29, 0.717) is 16.6 Å². The van der Waals surface area contributed by atoms with Crippen LogP contribution in [0.5, 0.6) is 0 Å². The van der Waals surface area contributed by atoms with Crippen LogP contribution in [-0.4, -0.2) is 16.4 Å². The second kappa shape index (κ2) is 5.92. The SMILES string of the molecule is CC(=O)n1cc(C(=O)Nc2cc(C)ccc2C)c2cc(F)ccc21. The van der Waals surface area contributed by atoms with Gasteiger partial charge in [0.2, 0.25) is 5.91 Å². The molecule has 0 saturated heterocycles. The molecule has 24 heavy (non-hydrogen) atoms. The summed E-state index contributed by atoms with van der Waals surface area (Å²) >= 11 is 0. The molecule has 0 fully saturated rings. The van der Waals surface area contributed by atoms with Crippen LogP contribution in [0.4, 0.5) is 10.1 Å². The summed E-state index contributed by atoms with van der Waals surface area (Å²) in [6.45, 7) is 5.23. The number of aromatic nitrogens is 1. The van der Waals surface area contributed by atoms with Gasteiger partial charge in [-0.15, -0.1) is 0 Å². The highest BCUT2D eigenvalue weighted by Crippen LogP contribution is 2.25. The van der Waals surface area contributed by atoms with Crippen molar-refractivity contribution in [3.05, 3.63) is 65.1 Å². The minimum absolute atomic E-state index is 0.239. The normalized spacial score (nSPS) is 10.8. The Morgan fingerprint density at radius 1 is 1.08 bits per heavy atom. The maximum absolute atomic E-state index is 13.6. The van der Waals surface area contributed by atoms with Gasteiger partial charge < -0.3 is 5.32 Å². The van der Waals surface area contributed by atoms with Crippen molar-refractivity contribution in [2.75, 3.05) is 5.32 Å². The standard InChI is InChI=1S/C19H17FN2O2/c1-11-4-5-12(2)17(8-11)21-19(24)16-10-22(13(3)23)18-7-6-14(20)9-15(16)18/h4-10H,1-3H3,(H,21,24). The largest absolute Gasteiger partial charge is 0.322 e. The first-order valence-electron chi connectivity index (χ1n) is 7.57. The summed E-state index contributed by atoms with van der Waals surface area (Å²) in [5.41, 5.74) is 3.42. The van der Waals surface area contributed by atoms with Gasteiger partial charge in [-0.3, -0.25) is 14.2 Å². The molecule has 0 radical (unpaired) electrons. The molecule has 122 valence electrons. The van der Waals surface area contributed by atoms with Gasteiger partial charge in [-0.05, 0) is 49.2 Å². The van der Waals surface area contributed by atoms with Crippen LogP contribution < -0.4 is 5.32 Å². The molecule has 0 aliphatic carbocycles. The van der Waals surface area contributed by atoms with E-state index < -0.39 is 5.82 Å². The monoisotopic (exact) mass is 324 g/mol. The van der Waals surface area contributed by atoms with Gasteiger partial charge in [0, 0.05) is 24.2 Å². The molecule has 4 nitrogen and oxygen atoms in total. The number of halogens is 1. The van der Waals surface area contributed by atoms with Crippen molar-refractivity contribution >= 4 is 28.4 Å². The number of hydrogen-bond acceptors (Lipinski definition) is 2. The Hall–Kier alpha value is -2.95. The van der Waals surface area contributed by atoms with Crippen LogP contribution in [0.15, 0.2) is 42.6 Å². The van der Waals surface area contributed by atoms with E-state index in [4.69, 9.17) is 0 Å². The molecule has 3 rings (SSSR count). The van der Waals surface area contributed by atoms with E-state index in [-0.39, 0.29) is 17.4 Å². The van der Waals surface area contributed by atoms with Gasteiger partial charge >= 0.3 is 0 Å². The molecule has 0 bridgehead atoms. The van der Waals surface area contributed by atoms with Crippen LogP contribution in [0.3, 0.4) is 0 Å². The van der Waals surface area contributed by atoms with Crippen molar-refractivity contribution in [2.45, 2.75) is 20.8 Å². The molecule has 0 spiro atoms. The van der Waals surface area contributed by atoms with E-state index in [1.54, 1.807) is 0 Å². The second-order valence-electron chi connectivity index (χ2n) is 5.87. The zero-order valence-electron chi connectivity index (χ0n) is 13.7. The first-order valence-corrected chi connectivity index (χ1v) is 7.57. The molecule has 1 N–H and O–H groups in total. The third-order valence-corrected chi connectivity index (χ3v) is 3.99. The zero-order chi connectivity index (χ0) is 17.4. The van der Waals surface area contributed by atoms with Gasteiger partial charge in [0.25, 0.3) is 5.91 Å². The number of nitrogens with one attached hydrogen (secondary N) is 1. The van der Waals surface area contributed by atoms with E-state index in [1.165, 1.54) is 35.9 Å². The number of amides is 1. The molecule has 1 amide bonds. The molecule has 3 aromatic rings. The molecule has 0 aliphatic heterocycles. The Morgan fingerprint density at radius 3 is 2.54 bits per heavy atom. The van der Waals surface area contributed by atoms with Gasteiger partial charge in [0.15, 0.2) is 0 Å². The average Bonchev–Trinajstić information content (AvgIpc) is 2.89. The van der Waals surface area contributed by atoms with Crippen LogP contribution in [0.1, 0.15) is 33.2 Å². The van der Waals surface area contributed by atoms with E-state index in [0.717, 1.165) is 11.1 Å². The molecule has 1 aromatic heterocycles. The molecule has 0 atom stereocenters. The van der Waals surface area contributed by atoms with Gasteiger partial charge in [0.05, 0.1) is 11.1 Å². The molecule has 0 saturated carbocycles. The van der Waals surface area contributed by atoms with Crippen molar-refractivity contribution in [3.8, 4) is 0 Å². The van der Waals surface area contributed by atoms with Crippen LogP contribution in [0.25, 0.3) is 10.9 Å². The third-order valence-electron chi connectivity index (χ3n) is 3.99. The maximum Gasteiger partial charge on any atom is 0.257 e. The van der Waals surface area contributed by atoms with E-state index in [1.807, 2.05) is 32.0 Å². The minimum Gasteiger partial charge on any atom is -0.322 e. The van der Waals surface area contributed by atoms with E-state index in [9.17, 15) is 14.0 Å². The lowest BCUT2D eigenvalue weighted by Gasteiger charge is -2.09. The summed E-state index contributed by atoms with van der Waals surface area (Å²) in [4.78, 5) is 24.5. The minimum atomic E-state index is -0.454. The highest BCUT2D eigenvalue weighted by molar-refractivity contribution is 6.14. The summed E-state index contributed by atoms with van der Waals surface area (Å²) in [6.07, 6.45) is 1.45. The number of rotatable bonds is 2. The molecule has 1 heterocycles. The number of hydrogen-bond donors (Lipinski definition) is 1. The first kappa shape index (κ1) is 15.9. The number of fused-ring (bicyclic) bond motifs is 1. The van der Waals surface area contributed by atoms with Crippen LogP contribution in [0, 0.1) is 19.7 Å². The number of nitrogens with zero attached hydrogens (tertiary/aromatic N) is 1. The Morgan fingerprint density at radius 2 is 1.83 bits per heavy atom. The highest BCUT2D eigenvalue weighted by atomic mass is 19.1. The Balaban J connectivity index is 2.08. The Kier molecular flexibility index (Phi) is 3.93. The molecule has 2 aromatic carbocycles. The summed E-state index contributed by atoms with van der Waals surface area (Å²) in [5, 5.41) is 3.26. The topological polar surface area (TPSA) is 51.1 Å². The summed E-state index contributed by atoms with van der Waals surface area (Å²) in [6, 6.07) is 9.80. The Bertz CT molecular complexity index is 973. The quantitative estimate of drug-likeness (QED) is 0.763. The van der Waals surface area contributed by atoms with Crippen molar-refractivity contribution < 1.29 is 14.0 Å². The van der Waals surface area contributed by atoms with E-state index in [2.05, 4.69) is 5.32 Å². The van der Waals surface area contributed by atoms with Crippen LogP contribution >= 0.6 is 0 Å². The summed E-state index contributed by atoms with van der Waals surface area (Å²) < 4.78 is 15.0. The molecule has 0 aliphatic rings. The van der Waals surface area contributed by atoms with Crippen molar-refractivity contribution in [1.82, 2.24) is 4.57 Å². The second-order valence-corrected chi connectivity index (χ2v) is 5.87. The van der Waals surface area contributed by atoms with Gasteiger partial charge in [-0.2, -0.15) is 0 Å². The lowest BCUT2D eigenvalue weighted by Crippen LogP contribution is -2.13. The number of carbonyl (C=O) groups excluding carboxylic acids is 2. The fraction of sp³-hybridized carbons (Fsp3) is 0.158. The van der Waals surface area contributed by atoms with Crippen LogP contribution in [0.2, 0.25) is 0 Å². The zero-order valence-corrected chi connectivity index (χ0v) is 13.7. The third kappa shape index (κ3) is 2.80. The average molecular weight is 324 g/mol. The predicted molar refractivity (Wildman–Crippen MR) is 92.1 cm³/mol. The molecule has 0 unspecified atom stereocenters. The number of anilines is 1. The first-order chi connectivity index (χ1) is 11.4. The number of aryl methyl sites for hydroxylation is 2. The van der Waals surface area contributed by atoms with Gasteiger partial charge in [-0.25, -0.2) is 4.39 Å². The maximum atomic E-state index is 13.6. The van der Waals surface area contributed by atoms with Gasteiger partial charge in [0.1, 0.15) is 5.82 Å². The smallest absolute Gasteiger partial charge is 0.257 e. The van der Waals surface area contributed by atoms with Crippen LogP contribution in [-0.2, 0) is 0 Å². The fourth-order valence-corrected chi connectivity index (χ4v) is 2.70. The Labute approximate surface area is 138 Å². The van der Waals surface area contributed by atoms with E-state index >= 15 is 0 Å². The molecular formula is C19H17FN2O2. The summed E-state index contributed by atoms with van der Waals surface area (Å²) in [7, 11) is 0. The van der Waals surface area contributed by atoms with Crippen molar-refractivity contribution in [1.29, 1.82) is 0 Å². The lowest BCUT2D eigenvalue weighted by molar-refractivity contribution is 0.0941. The molecular weight excluding hydrogens is 307 g/mol. The predicted octanol–water partition coefficient (Wildman–Crippen LogP) is 4.31. The fourth-order valence-electron chi connectivity index (χ4n) is 2.70. The lowest BCUT2D eigenvalue weighted by atomic mass is 10.1. The number of carbonyl (C=O) groups is 2.